The van der Waals surface area contributed by atoms with E-state index in [0.29, 0.717) is 13.1 Å². The van der Waals surface area contributed by atoms with Gasteiger partial charge in [0.25, 0.3) is 10.1 Å². The van der Waals surface area contributed by atoms with Crippen molar-refractivity contribution >= 4 is 10.1 Å². The molecule has 0 heterocycles. The maximum atomic E-state index is 10.5. The zero-order valence-corrected chi connectivity index (χ0v) is 24.4. The van der Waals surface area contributed by atoms with Crippen LogP contribution in [0.4, 0.5) is 0 Å². The summed E-state index contributed by atoms with van der Waals surface area (Å²) in [4.78, 5) is 2.08. The third-order valence-electron chi connectivity index (χ3n) is 6.39. The summed E-state index contributed by atoms with van der Waals surface area (Å²) < 4.78 is 29.6. The normalized spacial score (nSPS) is 11.7. The van der Waals surface area contributed by atoms with Gasteiger partial charge in [0.1, 0.15) is 0 Å². The molecule has 0 saturated carbocycles. The van der Waals surface area contributed by atoms with Crippen LogP contribution in [0.5, 0.6) is 0 Å². The average molecular weight is 542 g/mol. The molecule has 0 radical (unpaired) electrons. The van der Waals surface area contributed by atoms with Crippen LogP contribution >= 0.6 is 0 Å². The van der Waals surface area contributed by atoms with E-state index in [4.69, 9.17) is 14.8 Å². The largest absolute Gasteiger partial charge is 0.395 e. The molecule has 0 fully saturated rings. The molecule has 7 heteroatoms. The van der Waals surface area contributed by atoms with Gasteiger partial charge in [-0.25, -0.2) is 0 Å². The van der Waals surface area contributed by atoms with E-state index >= 15 is 0 Å². The molecule has 1 rings (SSSR count). The second-order valence-electron chi connectivity index (χ2n) is 9.87. The molecule has 0 aliphatic heterocycles. The number of aliphatic hydroxyl groups excluding tert-OH is 2. The van der Waals surface area contributed by atoms with Gasteiger partial charge in [-0.1, -0.05) is 101 Å². The lowest BCUT2D eigenvalue weighted by Crippen LogP contribution is -2.30. The Labute approximate surface area is 227 Å². The highest BCUT2D eigenvalue weighted by Crippen LogP contribution is 2.11. The quantitative estimate of drug-likeness (QED) is 0.0835. The number of aliphatic hydroxyl groups is 2. The van der Waals surface area contributed by atoms with Crippen LogP contribution in [0.1, 0.15) is 109 Å². The Morgan fingerprint density at radius 3 is 1.54 bits per heavy atom. The Bertz CT molecular complexity index is 744. The number of hydrogen-bond donors (Lipinski definition) is 3. The monoisotopic (exact) mass is 541 g/mol. The van der Waals surface area contributed by atoms with Crippen LogP contribution in [0.3, 0.4) is 0 Å². The third kappa shape index (κ3) is 23.6. The van der Waals surface area contributed by atoms with Gasteiger partial charge in [-0.3, -0.25) is 9.45 Å². The first-order chi connectivity index (χ1) is 17.8. The Morgan fingerprint density at radius 1 is 0.676 bits per heavy atom. The van der Waals surface area contributed by atoms with Crippen LogP contribution in [0.15, 0.2) is 41.3 Å². The van der Waals surface area contributed by atoms with Gasteiger partial charge < -0.3 is 10.2 Å². The summed E-state index contributed by atoms with van der Waals surface area (Å²) in [5, 5.41) is 18.0. The molecule has 0 aromatic heterocycles. The van der Waals surface area contributed by atoms with E-state index in [2.05, 4.69) is 24.0 Å². The molecule has 0 atom stereocenters. The highest BCUT2D eigenvalue weighted by atomic mass is 32.2. The van der Waals surface area contributed by atoms with Crippen LogP contribution in [0.2, 0.25) is 0 Å². The molecule has 3 N–H and O–H groups in total. The molecule has 0 aliphatic rings. The Morgan fingerprint density at radius 2 is 1.11 bits per heavy atom. The van der Waals surface area contributed by atoms with Crippen molar-refractivity contribution in [3.63, 3.8) is 0 Å². The van der Waals surface area contributed by atoms with Crippen molar-refractivity contribution in [3.05, 3.63) is 42.0 Å². The molecule has 6 nitrogen and oxygen atoms in total. The maximum absolute atomic E-state index is 10.5. The number of rotatable bonds is 22. The van der Waals surface area contributed by atoms with Crippen molar-refractivity contribution in [3.8, 4) is 0 Å². The topological polar surface area (TPSA) is 98.1 Å². The summed E-state index contributed by atoms with van der Waals surface area (Å²) in [5.74, 6) is 0. The van der Waals surface area contributed by atoms with Gasteiger partial charge in [0.15, 0.2) is 0 Å². The standard InChI is InChI=1S/C23H47NO2.C7H8O3S/c1-2-3-4-5-6-7-8-9-10-11-12-13-14-15-16-17-18-19-24(20-22-25)21-23-26;1-6-2-4-7(5-3-6)11(8,9)10/h9-10,25-26H,2-8,11-23H2,1H3;2-5H,1H3,(H,8,9,10)/b10-9-;. The Kier molecular flexibility index (Phi) is 24.2. The van der Waals surface area contributed by atoms with E-state index in [9.17, 15) is 8.42 Å². The first kappa shape index (κ1) is 35.8. The molecule has 1 aromatic rings. The molecule has 1 aromatic carbocycles. The van der Waals surface area contributed by atoms with Crippen molar-refractivity contribution in [2.24, 2.45) is 0 Å². The number of nitrogens with zero attached hydrogens (tertiary/aromatic N) is 1. The van der Waals surface area contributed by atoms with Gasteiger partial charge in [0.05, 0.1) is 18.1 Å². The lowest BCUT2D eigenvalue weighted by molar-refractivity contribution is 0.159. The van der Waals surface area contributed by atoms with Crippen LogP contribution in [0.25, 0.3) is 0 Å². The minimum Gasteiger partial charge on any atom is -0.395 e. The van der Waals surface area contributed by atoms with Gasteiger partial charge in [0.2, 0.25) is 0 Å². The van der Waals surface area contributed by atoms with Crippen LogP contribution in [-0.4, -0.2) is 60.9 Å². The average Bonchev–Trinajstić information content (AvgIpc) is 2.86. The number of hydrogen-bond acceptors (Lipinski definition) is 5. The van der Waals surface area contributed by atoms with Gasteiger partial charge in [-0.05, 0) is 57.7 Å². The van der Waals surface area contributed by atoms with E-state index in [1.807, 2.05) is 6.92 Å². The first-order valence-electron chi connectivity index (χ1n) is 14.5. The predicted molar refractivity (Wildman–Crippen MR) is 156 cm³/mol. The van der Waals surface area contributed by atoms with Gasteiger partial charge >= 0.3 is 0 Å². The number of allylic oxidation sites excluding steroid dienone is 2. The van der Waals surface area contributed by atoms with Crippen molar-refractivity contribution in [2.75, 3.05) is 32.8 Å². The maximum Gasteiger partial charge on any atom is 0.294 e. The Balaban J connectivity index is 0.000000970. The van der Waals surface area contributed by atoms with Crippen LogP contribution in [0, 0.1) is 6.92 Å². The van der Waals surface area contributed by atoms with E-state index in [0.717, 1.165) is 12.1 Å². The van der Waals surface area contributed by atoms with Gasteiger partial charge in [-0.2, -0.15) is 8.42 Å². The lowest BCUT2D eigenvalue weighted by atomic mass is 10.1. The minimum absolute atomic E-state index is 0.0666. The summed E-state index contributed by atoms with van der Waals surface area (Å²) in [6.07, 6.45) is 24.9. The lowest BCUT2D eigenvalue weighted by Gasteiger charge is -2.19. The number of unbranched alkanes of at least 4 members (excludes halogenated alkanes) is 13. The molecule has 0 aliphatic carbocycles. The molecular weight excluding hydrogens is 486 g/mol. The molecule has 37 heavy (non-hydrogen) atoms. The smallest absolute Gasteiger partial charge is 0.294 e. The molecular formula is C30H55NO5S. The summed E-state index contributed by atoms with van der Waals surface area (Å²) in [5.41, 5.74) is 0.956. The number of aryl methyl sites for hydroxylation is 1. The summed E-state index contributed by atoms with van der Waals surface area (Å²) >= 11 is 0. The molecule has 0 unspecified atom stereocenters. The van der Waals surface area contributed by atoms with Gasteiger partial charge in [0, 0.05) is 13.1 Å². The predicted octanol–water partition coefficient (Wildman–Crippen LogP) is 6.94. The van der Waals surface area contributed by atoms with E-state index in [1.165, 1.54) is 108 Å². The fourth-order valence-electron chi connectivity index (χ4n) is 4.09. The molecule has 0 saturated heterocycles. The van der Waals surface area contributed by atoms with Crippen molar-refractivity contribution < 1.29 is 23.2 Å². The second kappa shape index (κ2) is 25.1. The summed E-state index contributed by atoms with van der Waals surface area (Å²) in [6.45, 7) is 6.87. The molecule has 0 amide bonds. The van der Waals surface area contributed by atoms with E-state index < -0.39 is 10.1 Å². The highest BCUT2D eigenvalue weighted by Gasteiger charge is 2.07. The zero-order valence-electron chi connectivity index (χ0n) is 23.6. The fourth-order valence-corrected chi connectivity index (χ4v) is 4.57. The fraction of sp³-hybridized carbons (Fsp3) is 0.733. The van der Waals surface area contributed by atoms with E-state index in [1.54, 1.807) is 12.1 Å². The molecule has 0 spiro atoms. The number of benzene rings is 1. The second-order valence-corrected chi connectivity index (χ2v) is 11.3. The highest BCUT2D eigenvalue weighted by molar-refractivity contribution is 7.85. The molecule has 216 valence electrons. The van der Waals surface area contributed by atoms with Crippen molar-refractivity contribution in [1.82, 2.24) is 4.90 Å². The van der Waals surface area contributed by atoms with Crippen molar-refractivity contribution in [2.45, 2.75) is 115 Å². The van der Waals surface area contributed by atoms with Crippen LogP contribution < -0.4 is 0 Å². The van der Waals surface area contributed by atoms with Crippen LogP contribution in [-0.2, 0) is 10.1 Å². The third-order valence-corrected chi connectivity index (χ3v) is 7.26. The zero-order chi connectivity index (χ0) is 27.6. The molecule has 0 bridgehead atoms. The summed E-state index contributed by atoms with van der Waals surface area (Å²) in [7, 11) is -4.02. The summed E-state index contributed by atoms with van der Waals surface area (Å²) in [6, 6.07) is 5.99. The SMILES string of the molecule is CCCCCCCC/C=C\CCCCCCCCCN(CCO)CCO.Cc1ccc(S(=O)(=O)O)cc1. The van der Waals surface area contributed by atoms with E-state index in [-0.39, 0.29) is 18.1 Å². The minimum atomic E-state index is -4.02. The Hall–Kier alpha value is -1.25. The van der Waals surface area contributed by atoms with Crippen molar-refractivity contribution in [1.29, 1.82) is 0 Å². The van der Waals surface area contributed by atoms with Gasteiger partial charge in [-0.15, -0.1) is 0 Å². The first-order valence-corrected chi connectivity index (χ1v) is 15.9.